The summed E-state index contributed by atoms with van der Waals surface area (Å²) in [5.74, 6) is -0.330. The van der Waals surface area contributed by atoms with Gasteiger partial charge in [0.15, 0.2) is 0 Å². The van der Waals surface area contributed by atoms with E-state index in [2.05, 4.69) is 16.2 Å². The lowest BCUT2D eigenvalue weighted by atomic mass is 10.2. The molecule has 0 rings (SSSR count). The van der Waals surface area contributed by atoms with E-state index in [9.17, 15) is 9.59 Å². The Balaban J connectivity index is 4.02. The first-order valence-electron chi connectivity index (χ1n) is 4.72. The molecule has 0 aromatic heterocycles. The van der Waals surface area contributed by atoms with E-state index in [0.29, 0.717) is 0 Å². The van der Waals surface area contributed by atoms with Gasteiger partial charge in [0, 0.05) is 7.05 Å². The highest BCUT2D eigenvalue weighted by atomic mass is 16.6. The number of carbonyl (C=O) groups is 2. The minimum absolute atomic E-state index is 0.330. The molecule has 15 heavy (non-hydrogen) atoms. The maximum atomic E-state index is 11.2. The Morgan fingerprint density at radius 1 is 1.27 bits per heavy atom. The number of ether oxygens (including phenoxy) is 1. The molecular formula is C9H19N3O3. The van der Waals surface area contributed by atoms with Gasteiger partial charge in [0.25, 0.3) is 5.91 Å². The number of hydrogen-bond donors (Lipinski definition) is 3. The highest BCUT2D eigenvalue weighted by Gasteiger charge is 2.20. The summed E-state index contributed by atoms with van der Waals surface area (Å²) in [5, 5.41) is 2.41. The summed E-state index contributed by atoms with van der Waals surface area (Å²) in [5.41, 5.74) is 4.27. The maximum absolute atomic E-state index is 11.2. The van der Waals surface area contributed by atoms with Crippen LogP contribution >= 0.6 is 0 Å². The van der Waals surface area contributed by atoms with Crippen LogP contribution in [0, 0.1) is 0 Å². The molecule has 0 spiro atoms. The van der Waals surface area contributed by atoms with Crippen molar-refractivity contribution in [2.45, 2.75) is 39.3 Å². The van der Waals surface area contributed by atoms with Crippen molar-refractivity contribution < 1.29 is 14.3 Å². The highest BCUT2D eigenvalue weighted by Crippen LogP contribution is 2.06. The molecule has 0 unspecified atom stereocenters. The van der Waals surface area contributed by atoms with Gasteiger partial charge in [0.2, 0.25) is 0 Å². The van der Waals surface area contributed by atoms with Gasteiger partial charge in [-0.2, -0.15) is 0 Å². The Kier molecular flexibility index (Phi) is 5.07. The van der Waals surface area contributed by atoms with Gasteiger partial charge in [-0.1, -0.05) is 0 Å². The molecule has 0 saturated carbocycles. The molecule has 6 nitrogen and oxygen atoms in total. The lowest BCUT2D eigenvalue weighted by Gasteiger charge is -2.21. The minimum Gasteiger partial charge on any atom is -0.444 e. The Morgan fingerprint density at radius 2 is 1.80 bits per heavy atom. The summed E-state index contributed by atoms with van der Waals surface area (Å²) in [6.45, 7) is 6.83. The van der Waals surface area contributed by atoms with E-state index in [1.54, 1.807) is 34.7 Å². The Hall–Kier alpha value is -1.30. The average Bonchev–Trinajstić information content (AvgIpc) is 2.00. The molecule has 6 heteroatoms. The summed E-state index contributed by atoms with van der Waals surface area (Å²) in [6, 6.07) is -0.646. The van der Waals surface area contributed by atoms with Gasteiger partial charge >= 0.3 is 6.09 Å². The van der Waals surface area contributed by atoms with Gasteiger partial charge in [-0.3, -0.25) is 10.2 Å². The normalized spacial score (nSPS) is 12.9. The zero-order chi connectivity index (χ0) is 12.1. The first kappa shape index (κ1) is 13.7. The molecule has 0 saturated heterocycles. The van der Waals surface area contributed by atoms with Crippen molar-refractivity contribution in [3.05, 3.63) is 0 Å². The van der Waals surface area contributed by atoms with Crippen LogP contribution in [0.5, 0.6) is 0 Å². The molecule has 0 aliphatic rings. The second-order valence-electron chi connectivity index (χ2n) is 4.11. The van der Waals surface area contributed by atoms with Crippen LogP contribution in [-0.2, 0) is 9.53 Å². The molecule has 0 aliphatic carbocycles. The van der Waals surface area contributed by atoms with Crippen LogP contribution in [0.2, 0.25) is 0 Å². The lowest BCUT2D eigenvalue weighted by molar-refractivity contribution is -0.123. The van der Waals surface area contributed by atoms with Crippen LogP contribution in [0.25, 0.3) is 0 Å². The fourth-order valence-electron chi connectivity index (χ4n) is 0.781. The van der Waals surface area contributed by atoms with Gasteiger partial charge in [0.1, 0.15) is 11.6 Å². The number of rotatable bonds is 3. The molecular weight excluding hydrogens is 198 g/mol. The predicted molar refractivity (Wildman–Crippen MR) is 56.0 cm³/mol. The van der Waals surface area contributed by atoms with E-state index < -0.39 is 17.7 Å². The SMILES string of the molecule is CNNC(=O)[C@H](C)NC(=O)OC(C)(C)C. The van der Waals surface area contributed by atoms with Crippen molar-refractivity contribution in [3.8, 4) is 0 Å². The van der Waals surface area contributed by atoms with Gasteiger partial charge in [-0.25, -0.2) is 10.2 Å². The molecule has 0 heterocycles. The summed E-state index contributed by atoms with van der Waals surface area (Å²) in [6.07, 6.45) is -0.610. The topological polar surface area (TPSA) is 79.5 Å². The molecule has 2 amide bonds. The fraction of sp³-hybridized carbons (Fsp3) is 0.778. The first-order valence-corrected chi connectivity index (χ1v) is 4.72. The van der Waals surface area contributed by atoms with E-state index in [1.807, 2.05) is 0 Å². The standard InChI is InChI=1S/C9H19N3O3/c1-6(7(13)12-10-5)11-8(14)15-9(2,3)4/h6,10H,1-5H3,(H,11,14)(H,12,13)/t6-/m0/s1. The number of alkyl carbamates (subject to hydrolysis) is 1. The number of hydrazine groups is 1. The molecule has 0 aromatic carbocycles. The van der Waals surface area contributed by atoms with Crippen LogP contribution in [0.3, 0.4) is 0 Å². The van der Waals surface area contributed by atoms with E-state index in [0.717, 1.165) is 0 Å². The number of nitrogens with one attached hydrogen (secondary N) is 3. The zero-order valence-corrected chi connectivity index (χ0v) is 9.80. The summed E-state index contributed by atoms with van der Waals surface area (Å²) in [7, 11) is 1.57. The number of amides is 2. The van der Waals surface area contributed by atoms with Crippen molar-refractivity contribution in [2.24, 2.45) is 0 Å². The van der Waals surface area contributed by atoms with Crippen LogP contribution in [-0.4, -0.2) is 30.7 Å². The summed E-state index contributed by atoms with van der Waals surface area (Å²) in [4.78, 5) is 22.4. The van der Waals surface area contributed by atoms with Crippen LogP contribution in [0.4, 0.5) is 4.79 Å². The smallest absolute Gasteiger partial charge is 0.408 e. The van der Waals surface area contributed by atoms with Crippen LogP contribution < -0.4 is 16.2 Å². The molecule has 3 N–H and O–H groups in total. The van der Waals surface area contributed by atoms with E-state index in [-0.39, 0.29) is 5.91 Å². The fourth-order valence-corrected chi connectivity index (χ4v) is 0.781. The quantitative estimate of drug-likeness (QED) is 0.588. The molecule has 0 aromatic rings. The summed E-state index contributed by atoms with van der Waals surface area (Å²) < 4.78 is 4.99. The molecule has 0 aliphatic heterocycles. The maximum Gasteiger partial charge on any atom is 0.408 e. The second kappa shape index (κ2) is 5.55. The Morgan fingerprint density at radius 3 is 2.20 bits per heavy atom. The third-order valence-corrected chi connectivity index (χ3v) is 1.37. The van der Waals surface area contributed by atoms with Gasteiger partial charge in [-0.15, -0.1) is 0 Å². The van der Waals surface area contributed by atoms with Crippen molar-refractivity contribution >= 4 is 12.0 Å². The highest BCUT2D eigenvalue weighted by molar-refractivity contribution is 5.84. The predicted octanol–water partition coefficient (Wildman–Crippen LogP) is 0.150. The van der Waals surface area contributed by atoms with E-state index >= 15 is 0 Å². The number of hydrogen-bond acceptors (Lipinski definition) is 4. The molecule has 88 valence electrons. The van der Waals surface area contributed by atoms with Crippen LogP contribution in [0.1, 0.15) is 27.7 Å². The average molecular weight is 217 g/mol. The molecule has 0 radical (unpaired) electrons. The second-order valence-corrected chi connectivity index (χ2v) is 4.11. The summed E-state index contributed by atoms with van der Waals surface area (Å²) >= 11 is 0. The van der Waals surface area contributed by atoms with E-state index in [4.69, 9.17) is 4.74 Å². The van der Waals surface area contributed by atoms with Crippen LogP contribution in [0.15, 0.2) is 0 Å². The van der Waals surface area contributed by atoms with Gasteiger partial charge < -0.3 is 10.1 Å². The number of carbonyl (C=O) groups excluding carboxylic acids is 2. The molecule has 0 bridgehead atoms. The van der Waals surface area contributed by atoms with Gasteiger partial charge in [-0.05, 0) is 27.7 Å². The minimum atomic E-state index is -0.646. The van der Waals surface area contributed by atoms with E-state index in [1.165, 1.54) is 0 Å². The Labute approximate surface area is 89.7 Å². The van der Waals surface area contributed by atoms with Gasteiger partial charge in [0.05, 0.1) is 0 Å². The largest absolute Gasteiger partial charge is 0.444 e. The molecule has 0 fully saturated rings. The monoisotopic (exact) mass is 217 g/mol. The first-order chi connectivity index (χ1) is 6.76. The van der Waals surface area contributed by atoms with Crippen molar-refractivity contribution in [1.29, 1.82) is 0 Å². The lowest BCUT2D eigenvalue weighted by Crippen LogP contribution is -2.49. The van der Waals surface area contributed by atoms with Crippen molar-refractivity contribution in [1.82, 2.24) is 16.2 Å². The zero-order valence-electron chi connectivity index (χ0n) is 9.80. The van der Waals surface area contributed by atoms with Crippen molar-refractivity contribution in [2.75, 3.05) is 7.05 Å². The molecule has 1 atom stereocenters. The Bertz CT molecular complexity index is 235. The third-order valence-electron chi connectivity index (χ3n) is 1.37. The third kappa shape index (κ3) is 6.73. The van der Waals surface area contributed by atoms with Crippen molar-refractivity contribution in [3.63, 3.8) is 0 Å².